The van der Waals surface area contributed by atoms with E-state index in [9.17, 15) is 19.7 Å². The second-order valence-corrected chi connectivity index (χ2v) is 5.26. The number of rotatable bonds is 4. The molecule has 0 bridgehead atoms. The van der Waals surface area contributed by atoms with Gasteiger partial charge in [-0.15, -0.1) is 0 Å². The molecule has 1 amide bonds. The number of esters is 1. The summed E-state index contributed by atoms with van der Waals surface area (Å²) in [4.78, 5) is 37.7. The molecule has 0 aliphatic carbocycles. The number of nitrogens with zero attached hydrogens (tertiary/aromatic N) is 2. The first-order valence-corrected chi connectivity index (χ1v) is 7.35. The van der Waals surface area contributed by atoms with Crippen LogP contribution in [-0.2, 0) is 4.74 Å². The average molecular weight is 336 g/mol. The number of nitro benzene ring substituents is 1. The molecule has 8 nitrogen and oxygen atoms in total. The Bertz CT molecular complexity index is 819. The number of hydrogen-bond acceptors (Lipinski definition) is 7. The van der Waals surface area contributed by atoms with E-state index in [0.717, 1.165) is 11.3 Å². The third kappa shape index (κ3) is 3.89. The van der Waals surface area contributed by atoms with E-state index in [4.69, 9.17) is 9.15 Å². The van der Waals surface area contributed by atoms with E-state index in [0.29, 0.717) is 5.76 Å². The summed E-state index contributed by atoms with van der Waals surface area (Å²) in [6, 6.07) is 5.03. The van der Waals surface area contributed by atoms with Gasteiger partial charge in [0.1, 0.15) is 5.76 Å². The molecule has 120 valence electrons. The average Bonchev–Trinajstić information content (AvgIpc) is 2.88. The van der Waals surface area contributed by atoms with E-state index >= 15 is 0 Å². The number of ether oxygens (including phenoxy) is 1. The summed E-state index contributed by atoms with van der Waals surface area (Å²) in [5, 5.41) is 10.6. The summed E-state index contributed by atoms with van der Waals surface area (Å²) in [5.41, 5.74) is 0.0531. The number of benzene rings is 1. The lowest BCUT2D eigenvalue weighted by Crippen LogP contribution is -2.04. The highest BCUT2D eigenvalue weighted by Gasteiger charge is 2.16. The molecule has 1 aromatic carbocycles. The Hall–Kier alpha value is -2.81. The number of nitro groups is 1. The molecule has 2 aromatic rings. The van der Waals surface area contributed by atoms with Crippen LogP contribution in [-0.4, -0.2) is 23.4 Å². The molecule has 23 heavy (non-hydrogen) atoms. The van der Waals surface area contributed by atoms with Gasteiger partial charge in [0.05, 0.1) is 11.5 Å². The summed E-state index contributed by atoms with van der Waals surface area (Å²) in [6.07, 6.45) is 0. The fourth-order valence-electron chi connectivity index (χ4n) is 1.66. The summed E-state index contributed by atoms with van der Waals surface area (Å²) in [7, 11) is 0. The smallest absolute Gasteiger partial charge is 0.351 e. The number of non-ortho nitro benzene ring substituents is 1. The first-order valence-electron chi connectivity index (χ1n) is 6.53. The maximum absolute atomic E-state index is 12.0. The monoisotopic (exact) mass is 336 g/mol. The summed E-state index contributed by atoms with van der Waals surface area (Å²) in [5.74, 6) is -0.855. The summed E-state index contributed by atoms with van der Waals surface area (Å²) >= 11 is 0.902. The van der Waals surface area contributed by atoms with Crippen LogP contribution in [0.5, 0.6) is 0 Å². The van der Waals surface area contributed by atoms with E-state index < -0.39 is 16.8 Å². The molecule has 0 saturated carbocycles. The molecule has 0 fully saturated rings. The van der Waals surface area contributed by atoms with Crippen LogP contribution < -0.4 is 4.87 Å². The summed E-state index contributed by atoms with van der Waals surface area (Å²) < 4.78 is 10.1. The maximum Gasteiger partial charge on any atom is 0.351 e. The zero-order valence-electron chi connectivity index (χ0n) is 12.3. The number of carbonyl (C=O) groups excluding carboxylic acids is 2. The Morgan fingerprint density at radius 3 is 2.57 bits per heavy atom. The highest BCUT2D eigenvalue weighted by Crippen LogP contribution is 2.14. The van der Waals surface area contributed by atoms with Crippen molar-refractivity contribution in [3.8, 4) is 0 Å². The van der Waals surface area contributed by atoms with Crippen LogP contribution in [0.15, 0.2) is 33.7 Å². The minimum atomic E-state index is -0.625. The largest absolute Gasteiger partial charge is 0.462 e. The molecule has 0 atom stereocenters. The molecule has 0 saturated heterocycles. The lowest BCUT2D eigenvalue weighted by atomic mass is 10.2. The van der Waals surface area contributed by atoms with Crippen molar-refractivity contribution in [3.05, 3.63) is 55.4 Å². The number of aryl methyl sites for hydroxylation is 1. The third-order valence-electron chi connectivity index (χ3n) is 2.73. The second-order valence-electron chi connectivity index (χ2n) is 4.30. The first-order chi connectivity index (χ1) is 10.9. The second kappa shape index (κ2) is 6.97. The zero-order valence-corrected chi connectivity index (χ0v) is 13.1. The van der Waals surface area contributed by atoms with Gasteiger partial charge >= 0.3 is 5.97 Å². The number of amides is 1. The van der Waals surface area contributed by atoms with Crippen LogP contribution in [0.25, 0.3) is 0 Å². The van der Waals surface area contributed by atoms with Gasteiger partial charge in [-0.1, -0.05) is 11.3 Å². The molecule has 0 unspecified atom stereocenters. The van der Waals surface area contributed by atoms with E-state index in [2.05, 4.69) is 4.99 Å². The van der Waals surface area contributed by atoms with Crippen molar-refractivity contribution in [3.63, 3.8) is 0 Å². The molecule has 0 radical (unpaired) electrons. The van der Waals surface area contributed by atoms with Crippen LogP contribution in [0.4, 0.5) is 5.69 Å². The molecule has 1 heterocycles. The van der Waals surface area contributed by atoms with Gasteiger partial charge < -0.3 is 9.15 Å². The van der Waals surface area contributed by atoms with Crippen molar-refractivity contribution in [1.82, 2.24) is 0 Å². The van der Waals surface area contributed by atoms with Gasteiger partial charge in [-0.3, -0.25) is 14.9 Å². The van der Waals surface area contributed by atoms with Gasteiger partial charge in [-0.25, -0.2) is 4.79 Å². The van der Waals surface area contributed by atoms with Gasteiger partial charge in [0.2, 0.25) is 0 Å². The Balaban J connectivity index is 2.27. The molecular formula is C14H12N2O6S. The van der Waals surface area contributed by atoms with Crippen molar-refractivity contribution in [2.45, 2.75) is 13.8 Å². The van der Waals surface area contributed by atoms with Crippen molar-refractivity contribution in [2.24, 2.45) is 4.99 Å². The van der Waals surface area contributed by atoms with E-state index in [1.807, 2.05) is 0 Å². The van der Waals surface area contributed by atoms with Crippen molar-refractivity contribution in [1.29, 1.82) is 0 Å². The molecule has 0 N–H and O–H groups in total. The molecule has 2 rings (SSSR count). The Labute approximate surface area is 134 Å². The highest BCUT2D eigenvalue weighted by molar-refractivity contribution is 7.11. The molecule has 0 spiro atoms. The zero-order chi connectivity index (χ0) is 17.0. The Morgan fingerprint density at radius 2 is 2.00 bits per heavy atom. The minimum absolute atomic E-state index is 0.00825. The lowest BCUT2D eigenvalue weighted by Gasteiger charge is -1.96. The van der Waals surface area contributed by atoms with Crippen molar-refractivity contribution in [2.75, 3.05) is 6.61 Å². The van der Waals surface area contributed by atoms with Crippen molar-refractivity contribution < 1.29 is 23.7 Å². The lowest BCUT2D eigenvalue weighted by molar-refractivity contribution is -0.384. The van der Waals surface area contributed by atoms with Gasteiger partial charge in [-0.2, -0.15) is 4.99 Å². The Morgan fingerprint density at radius 1 is 1.35 bits per heavy atom. The SMILES string of the molecule is CCOC(=O)c1sc(=NC(=O)c2ccc([N+](=O)[O-])cc2)oc1C. The molecule has 0 aliphatic heterocycles. The normalized spacial score (nSPS) is 11.3. The van der Waals surface area contributed by atoms with Crippen LogP contribution in [0.1, 0.15) is 32.7 Å². The predicted molar refractivity (Wildman–Crippen MR) is 80.3 cm³/mol. The molecule has 9 heteroatoms. The van der Waals surface area contributed by atoms with Gasteiger partial charge in [0.25, 0.3) is 16.5 Å². The van der Waals surface area contributed by atoms with E-state index in [1.165, 1.54) is 24.3 Å². The van der Waals surface area contributed by atoms with Crippen LogP contribution in [0, 0.1) is 17.0 Å². The first kappa shape index (κ1) is 16.6. The molecule has 0 aliphatic rings. The molecule has 1 aromatic heterocycles. The fourth-order valence-corrected chi connectivity index (χ4v) is 2.46. The predicted octanol–water partition coefficient (Wildman–Crippen LogP) is 2.48. The fraction of sp³-hybridized carbons (Fsp3) is 0.214. The van der Waals surface area contributed by atoms with Crippen LogP contribution in [0.3, 0.4) is 0 Å². The topological polar surface area (TPSA) is 112 Å². The van der Waals surface area contributed by atoms with E-state index in [-0.39, 0.29) is 27.6 Å². The third-order valence-corrected chi connectivity index (χ3v) is 3.74. The van der Waals surface area contributed by atoms with Gasteiger partial charge in [0.15, 0.2) is 4.88 Å². The van der Waals surface area contributed by atoms with Crippen molar-refractivity contribution >= 4 is 28.9 Å². The Kier molecular flexibility index (Phi) is 5.02. The minimum Gasteiger partial charge on any atom is -0.462 e. The van der Waals surface area contributed by atoms with Crippen LogP contribution >= 0.6 is 11.3 Å². The molecular weight excluding hydrogens is 324 g/mol. The quantitative estimate of drug-likeness (QED) is 0.481. The van der Waals surface area contributed by atoms with Gasteiger partial charge in [0, 0.05) is 17.7 Å². The number of carbonyl (C=O) groups is 2. The number of hydrogen-bond donors (Lipinski definition) is 0. The van der Waals surface area contributed by atoms with E-state index in [1.54, 1.807) is 13.8 Å². The van der Waals surface area contributed by atoms with Crippen LogP contribution in [0.2, 0.25) is 0 Å². The summed E-state index contributed by atoms with van der Waals surface area (Å²) in [6.45, 7) is 3.48. The maximum atomic E-state index is 12.0. The standard InChI is InChI=1S/C14H12N2O6S/c1-3-21-13(18)11-8(2)22-14(23-11)15-12(17)9-4-6-10(7-5-9)16(19)20/h4-7H,3H2,1-2H3. The van der Waals surface area contributed by atoms with Gasteiger partial charge in [-0.05, 0) is 26.0 Å². The highest BCUT2D eigenvalue weighted by atomic mass is 32.1.